The first-order valence-corrected chi connectivity index (χ1v) is 5.83. The molecule has 0 spiro atoms. The van der Waals surface area contributed by atoms with E-state index in [-0.39, 0.29) is 6.04 Å². The van der Waals surface area contributed by atoms with Crippen LogP contribution in [0.5, 0.6) is 0 Å². The number of piperidine rings is 1. The van der Waals surface area contributed by atoms with Gasteiger partial charge in [-0.05, 0) is 25.9 Å². The Balaban J connectivity index is 2.09. The van der Waals surface area contributed by atoms with E-state index in [0.29, 0.717) is 0 Å². The molecule has 0 aromatic carbocycles. The molecule has 0 aliphatic carbocycles. The first-order chi connectivity index (χ1) is 6.92. The van der Waals surface area contributed by atoms with E-state index >= 15 is 0 Å². The van der Waals surface area contributed by atoms with Crippen molar-refractivity contribution in [2.45, 2.75) is 25.3 Å². The fraction of sp³-hybridized carbons (Fsp3) is 0.600. The Morgan fingerprint density at radius 2 is 2.21 bits per heavy atom. The van der Waals surface area contributed by atoms with Crippen LogP contribution in [0.2, 0.25) is 0 Å². The zero-order valence-electron chi connectivity index (χ0n) is 8.02. The Labute approximate surface area is 88.0 Å². The average molecular weight is 207 g/mol. The molecule has 0 amide bonds. The van der Waals surface area contributed by atoms with Gasteiger partial charge in [-0.3, -0.25) is 4.90 Å². The summed E-state index contributed by atoms with van der Waals surface area (Å²) < 4.78 is 0. The van der Waals surface area contributed by atoms with Crippen LogP contribution in [0.25, 0.3) is 0 Å². The van der Waals surface area contributed by atoms with Gasteiger partial charge in [-0.2, -0.15) is 5.26 Å². The molecule has 0 radical (unpaired) electrons. The quantitative estimate of drug-likeness (QED) is 0.746. The maximum absolute atomic E-state index is 9.13. The molecular weight excluding hydrogens is 194 g/mol. The van der Waals surface area contributed by atoms with Crippen molar-refractivity contribution in [2.24, 2.45) is 0 Å². The molecule has 1 aromatic heterocycles. The van der Waals surface area contributed by atoms with E-state index in [1.807, 2.05) is 5.38 Å². The average Bonchev–Trinajstić information content (AvgIpc) is 2.74. The van der Waals surface area contributed by atoms with Gasteiger partial charge in [0, 0.05) is 11.6 Å². The molecule has 1 aromatic rings. The largest absolute Gasteiger partial charge is 0.282 e. The van der Waals surface area contributed by atoms with Crippen LogP contribution in [0.15, 0.2) is 11.6 Å². The Hall–Kier alpha value is -0.920. The summed E-state index contributed by atoms with van der Waals surface area (Å²) in [5.74, 6) is 0. The van der Waals surface area contributed by atoms with Crippen LogP contribution in [0, 0.1) is 11.3 Å². The van der Waals surface area contributed by atoms with Gasteiger partial charge in [-0.25, -0.2) is 4.98 Å². The molecule has 2 rings (SSSR count). The molecule has 74 valence electrons. The maximum Gasteiger partial charge on any atom is 0.150 e. The lowest BCUT2D eigenvalue weighted by atomic mass is 10.1. The molecule has 14 heavy (non-hydrogen) atoms. The van der Waals surface area contributed by atoms with Crippen LogP contribution in [-0.4, -0.2) is 23.0 Å². The number of nitrogens with zero attached hydrogens (tertiary/aromatic N) is 3. The lowest BCUT2D eigenvalue weighted by molar-refractivity contribution is 0.196. The maximum atomic E-state index is 9.13. The third kappa shape index (κ3) is 1.94. The fourth-order valence-electron chi connectivity index (χ4n) is 1.84. The van der Waals surface area contributed by atoms with Gasteiger partial charge in [-0.1, -0.05) is 6.42 Å². The van der Waals surface area contributed by atoms with E-state index in [4.69, 9.17) is 5.26 Å². The van der Waals surface area contributed by atoms with Crippen molar-refractivity contribution in [2.75, 3.05) is 13.1 Å². The van der Waals surface area contributed by atoms with E-state index in [0.717, 1.165) is 18.1 Å². The molecule has 1 aliphatic rings. The Bertz CT molecular complexity index is 309. The number of aromatic nitrogens is 1. The number of thiazole rings is 1. The Morgan fingerprint density at radius 1 is 1.43 bits per heavy atom. The van der Waals surface area contributed by atoms with Gasteiger partial charge in [0.25, 0.3) is 0 Å². The SMILES string of the molecule is N#CC(c1nccs1)N1CCCCC1. The van der Waals surface area contributed by atoms with Crippen LogP contribution in [0.3, 0.4) is 0 Å². The first kappa shape index (κ1) is 9.63. The normalized spacial score (nSPS) is 20.2. The standard InChI is InChI=1S/C10H13N3S/c11-8-9(10-12-4-7-14-10)13-5-2-1-3-6-13/h4,7,9H,1-3,5-6H2. The van der Waals surface area contributed by atoms with E-state index < -0.39 is 0 Å². The summed E-state index contributed by atoms with van der Waals surface area (Å²) in [5, 5.41) is 12.0. The molecule has 1 atom stereocenters. The number of hydrogen-bond acceptors (Lipinski definition) is 4. The predicted octanol–water partition coefficient (Wildman–Crippen LogP) is 2.19. The molecule has 1 unspecified atom stereocenters. The third-order valence-electron chi connectivity index (χ3n) is 2.56. The van der Waals surface area contributed by atoms with Gasteiger partial charge >= 0.3 is 0 Å². The third-order valence-corrected chi connectivity index (χ3v) is 3.39. The highest BCUT2D eigenvalue weighted by Crippen LogP contribution is 2.25. The van der Waals surface area contributed by atoms with Crippen molar-refractivity contribution in [1.82, 2.24) is 9.88 Å². The highest BCUT2D eigenvalue weighted by atomic mass is 32.1. The molecule has 4 heteroatoms. The number of rotatable bonds is 2. The van der Waals surface area contributed by atoms with Crippen LogP contribution < -0.4 is 0 Å². The predicted molar refractivity (Wildman–Crippen MR) is 55.9 cm³/mol. The van der Waals surface area contributed by atoms with Gasteiger partial charge < -0.3 is 0 Å². The summed E-state index contributed by atoms with van der Waals surface area (Å²) >= 11 is 1.57. The van der Waals surface area contributed by atoms with Gasteiger partial charge in [0.05, 0.1) is 6.07 Å². The van der Waals surface area contributed by atoms with Crippen molar-refractivity contribution >= 4 is 11.3 Å². The summed E-state index contributed by atoms with van der Waals surface area (Å²) in [4.78, 5) is 6.46. The molecule has 0 N–H and O–H groups in total. The van der Waals surface area contributed by atoms with Crippen molar-refractivity contribution in [3.63, 3.8) is 0 Å². The van der Waals surface area contributed by atoms with Gasteiger partial charge in [0.1, 0.15) is 5.01 Å². The van der Waals surface area contributed by atoms with E-state index in [1.165, 1.54) is 19.3 Å². The Morgan fingerprint density at radius 3 is 2.79 bits per heavy atom. The summed E-state index contributed by atoms with van der Waals surface area (Å²) in [5.41, 5.74) is 0. The molecule has 2 heterocycles. The molecule has 1 fully saturated rings. The van der Waals surface area contributed by atoms with Crippen molar-refractivity contribution in [1.29, 1.82) is 5.26 Å². The summed E-state index contributed by atoms with van der Waals surface area (Å²) in [6, 6.07) is 2.23. The minimum Gasteiger partial charge on any atom is -0.282 e. The van der Waals surface area contributed by atoms with Gasteiger partial charge in [-0.15, -0.1) is 11.3 Å². The van der Waals surface area contributed by atoms with Crippen LogP contribution in [0.4, 0.5) is 0 Å². The molecule has 1 aliphatic heterocycles. The van der Waals surface area contributed by atoms with Crippen LogP contribution >= 0.6 is 11.3 Å². The van der Waals surface area contributed by atoms with Gasteiger partial charge in [0.2, 0.25) is 0 Å². The highest BCUT2D eigenvalue weighted by Gasteiger charge is 2.23. The second-order valence-corrected chi connectivity index (χ2v) is 4.42. The van der Waals surface area contributed by atoms with Crippen molar-refractivity contribution < 1.29 is 0 Å². The topological polar surface area (TPSA) is 39.9 Å². The molecule has 0 bridgehead atoms. The van der Waals surface area contributed by atoms with Crippen molar-refractivity contribution in [3.8, 4) is 6.07 Å². The molecule has 1 saturated heterocycles. The minimum absolute atomic E-state index is 0.115. The zero-order chi connectivity index (χ0) is 9.80. The van der Waals surface area contributed by atoms with E-state index in [1.54, 1.807) is 17.5 Å². The van der Waals surface area contributed by atoms with Crippen molar-refractivity contribution in [3.05, 3.63) is 16.6 Å². The second kappa shape index (κ2) is 4.54. The summed E-state index contributed by atoms with van der Waals surface area (Å²) in [6.07, 6.45) is 5.49. The number of hydrogen-bond donors (Lipinski definition) is 0. The van der Waals surface area contributed by atoms with E-state index in [2.05, 4.69) is 16.0 Å². The molecule has 3 nitrogen and oxygen atoms in total. The second-order valence-electron chi connectivity index (χ2n) is 3.50. The monoisotopic (exact) mass is 207 g/mol. The summed E-state index contributed by atoms with van der Waals surface area (Å²) in [6.45, 7) is 2.08. The Kier molecular flexibility index (Phi) is 3.12. The number of nitriles is 1. The highest BCUT2D eigenvalue weighted by molar-refractivity contribution is 7.09. The fourth-order valence-corrected chi connectivity index (χ4v) is 2.55. The lowest BCUT2D eigenvalue weighted by Gasteiger charge is -2.29. The number of likely N-dealkylation sites (tertiary alicyclic amines) is 1. The first-order valence-electron chi connectivity index (χ1n) is 4.95. The van der Waals surface area contributed by atoms with E-state index in [9.17, 15) is 0 Å². The zero-order valence-corrected chi connectivity index (χ0v) is 8.83. The minimum atomic E-state index is -0.115. The molecular formula is C10H13N3S. The lowest BCUT2D eigenvalue weighted by Crippen LogP contribution is -2.32. The van der Waals surface area contributed by atoms with Crippen LogP contribution in [-0.2, 0) is 0 Å². The smallest absolute Gasteiger partial charge is 0.150 e. The van der Waals surface area contributed by atoms with Crippen LogP contribution in [0.1, 0.15) is 30.3 Å². The molecule has 0 saturated carbocycles. The van der Waals surface area contributed by atoms with Gasteiger partial charge in [0.15, 0.2) is 6.04 Å². The summed E-state index contributed by atoms with van der Waals surface area (Å²) in [7, 11) is 0.